The molecule has 2 rings (SSSR count). The van der Waals surface area contributed by atoms with Gasteiger partial charge in [-0.15, -0.1) is 10.2 Å². The van der Waals surface area contributed by atoms with Gasteiger partial charge < -0.3 is 9.47 Å². The summed E-state index contributed by atoms with van der Waals surface area (Å²) in [5, 5.41) is 9.68. The Labute approximate surface area is 103 Å². The molecule has 2 aromatic rings. The number of aryl methyl sites for hydroxylation is 2. The lowest BCUT2D eigenvalue weighted by Crippen LogP contribution is -1.99. The summed E-state index contributed by atoms with van der Waals surface area (Å²) >= 11 is 1.52. The first kappa shape index (κ1) is 11.8. The van der Waals surface area contributed by atoms with E-state index in [1.807, 2.05) is 26.0 Å². The average molecular weight is 251 g/mol. The highest BCUT2D eigenvalue weighted by Gasteiger charge is 2.08. The van der Waals surface area contributed by atoms with Crippen molar-refractivity contribution in [3.63, 3.8) is 0 Å². The fourth-order valence-corrected chi connectivity index (χ4v) is 1.93. The SMILES string of the molecule is COc1nc(C)ccc1OCc1nnc(C)s1. The molecule has 0 N–H and O–H groups in total. The quantitative estimate of drug-likeness (QED) is 0.833. The van der Waals surface area contributed by atoms with E-state index in [1.165, 1.54) is 11.3 Å². The van der Waals surface area contributed by atoms with Gasteiger partial charge in [-0.05, 0) is 26.0 Å². The topological polar surface area (TPSA) is 57.1 Å². The lowest BCUT2D eigenvalue weighted by Gasteiger charge is -2.08. The lowest BCUT2D eigenvalue weighted by atomic mass is 10.3. The number of nitrogens with zero attached hydrogens (tertiary/aromatic N) is 3. The monoisotopic (exact) mass is 251 g/mol. The maximum atomic E-state index is 5.60. The molecule has 0 aliphatic carbocycles. The molecule has 0 aliphatic heterocycles. The van der Waals surface area contributed by atoms with Crippen LogP contribution in [0.25, 0.3) is 0 Å². The largest absolute Gasteiger partial charge is 0.481 e. The van der Waals surface area contributed by atoms with E-state index in [9.17, 15) is 0 Å². The van der Waals surface area contributed by atoms with Crippen molar-refractivity contribution >= 4 is 11.3 Å². The normalized spacial score (nSPS) is 10.3. The van der Waals surface area contributed by atoms with Crippen molar-refractivity contribution in [2.45, 2.75) is 20.5 Å². The van der Waals surface area contributed by atoms with Crippen LogP contribution in [-0.4, -0.2) is 22.3 Å². The van der Waals surface area contributed by atoms with Crippen LogP contribution in [0.2, 0.25) is 0 Å². The van der Waals surface area contributed by atoms with Gasteiger partial charge >= 0.3 is 0 Å². The van der Waals surface area contributed by atoms with Gasteiger partial charge in [0.25, 0.3) is 5.88 Å². The third-order valence-corrected chi connectivity index (χ3v) is 2.89. The highest BCUT2D eigenvalue weighted by atomic mass is 32.1. The first-order valence-electron chi connectivity index (χ1n) is 5.12. The second-order valence-corrected chi connectivity index (χ2v) is 4.73. The zero-order valence-corrected chi connectivity index (χ0v) is 10.7. The third kappa shape index (κ3) is 2.91. The van der Waals surface area contributed by atoms with E-state index in [0.29, 0.717) is 18.2 Å². The molecular weight excluding hydrogens is 238 g/mol. The molecule has 6 heteroatoms. The summed E-state index contributed by atoms with van der Waals surface area (Å²) < 4.78 is 10.8. The van der Waals surface area contributed by atoms with Crippen molar-refractivity contribution in [1.29, 1.82) is 0 Å². The molecule has 0 aliphatic rings. The number of pyridine rings is 1. The van der Waals surface area contributed by atoms with Crippen LogP contribution in [0.15, 0.2) is 12.1 Å². The Morgan fingerprint density at radius 2 is 2.06 bits per heavy atom. The average Bonchev–Trinajstić information content (AvgIpc) is 2.73. The number of methoxy groups -OCH3 is 1. The molecule has 2 heterocycles. The molecule has 5 nitrogen and oxygen atoms in total. The van der Waals surface area contributed by atoms with Crippen LogP contribution in [0.3, 0.4) is 0 Å². The van der Waals surface area contributed by atoms with Gasteiger partial charge in [0.05, 0.1) is 7.11 Å². The Hall–Kier alpha value is -1.69. The Morgan fingerprint density at radius 3 is 2.71 bits per heavy atom. The standard InChI is InChI=1S/C11H13N3O2S/c1-7-4-5-9(11(12-7)15-3)16-6-10-14-13-8(2)17-10/h4-5H,6H2,1-3H3. The molecule has 0 atom stereocenters. The number of rotatable bonds is 4. The molecular formula is C11H13N3O2S. The van der Waals surface area contributed by atoms with Gasteiger partial charge in [0.15, 0.2) is 10.8 Å². The Morgan fingerprint density at radius 1 is 1.24 bits per heavy atom. The van der Waals surface area contributed by atoms with Gasteiger partial charge in [-0.3, -0.25) is 0 Å². The van der Waals surface area contributed by atoms with Gasteiger partial charge in [-0.2, -0.15) is 0 Å². The molecule has 0 fully saturated rings. The van der Waals surface area contributed by atoms with E-state index >= 15 is 0 Å². The van der Waals surface area contributed by atoms with E-state index in [1.54, 1.807) is 7.11 Å². The fourth-order valence-electron chi connectivity index (χ4n) is 1.31. The van der Waals surface area contributed by atoms with Gasteiger partial charge in [-0.1, -0.05) is 11.3 Å². The minimum atomic E-state index is 0.382. The number of aromatic nitrogens is 3. The maximum absolute atomic E-state index is 5.60. The Bertz CT molecular complexity index is 513. The summed E-state index contributed by atoms with van der Waals surface area (Å²) in [4.78, 5) is 4.23. The molecule has 0 spiro atoms. The minimum absolute atomic E-state index is 0.382. The van der Waals surface area contributed by atoms with Crippen molar-refractivity contribution in [2.75, 3.05) is 7.11 Å². The summed E-state index contributed by atoms with van der Waals surface area (Å²) in [6.07, 6.45) is 0. The summed E-state index contributed by atoms with van der Waals surface area (Å²) in [6.45, 7) is 4.20. The summed E-state index contributed by atoms with van der Waals surface area (Å²) in [5.41, 5.74) is 0.890. The van der Waals surface area contributed by atoms with E-state index in [4.69, 9.17) is 9.47 Å². The smallest absolute Gasteiger partial charge is 0.256 e. The summed E-state index contributed by atoms with van der Waals surface area (Å²) in [7, 11) is 1.57. The van der Waals surface area contributed by atoms with Gasteiger partial charge in [0.2, 0.25) is 0 Å². The van der Waals surface area contributed by atoms with Gasteiger partial charge in [-0.25, -0.2) is 4.98 Å². The van der Waals surface area contributed by atoms with Crippen molar-refractivity contribution < 1.29 is 9.47 Å². The van der Waals surface area contributed by atoms with Crippen molar-refractivity contribution in [3.05, 3.63) is 27.8 Å². The minimum Gasteiger partial charge on any atom is -0.481 e. The van der Waals surface area contributed by atoms with Crippen LogP contribution in [0, 0.1) is 13.8 Å². The lowest BCUT2D eigenvalue weighted by molar-refractivity contribution is 0.277. The predicted molar refractivity (Wildman–Crippen MR) is 64.5 cm³/mol. The second-order valence-electron chi connectivity index (χ2n) is 3.46. The van der Waals surface area contributed by atoms with Gasteiger partial charge in [0.1, 0.15) is 11.6 Å². The van der Waals surface area contributed by atoms with Crippen LogP contribution >= 0.6 is 11.3 Å². The van der Waals surface area contributed by atoms with E-state index in [0.717, 1.165) is 15.7 Å². The van der Waals surface area contributed by atoms with E-state index < -0.39 is 0 Å². The fraction of sp³-hybridized carbons (Fsp3) is 0.364. The highest BCUT2D eigenvalue weighted by molar-refractivity contribution is 7.11. The number of ether oxygens (including phenoxy) is 2. The molecule has 17 heavy (non-hydrogen) atoms. The summed E-state index contributed by atoms with van der Waals surface area (Å²) in [6, 6.07) is 3.72. The number of hydrogen-bond acceptors (Lipinski definition) is 6. The molecule has 90 valence electrons. The molecule has 2 aromatic heterocycles. The van der Waals surface area contributed by atoms with Crippen LogP contribution < -0.4 is 9.47 Å². The number of hydrogen-bond donors (Lipinski definition) is 0. The van der Waals surface area contributed by atoms with Crippen molar-refractivity contribution in [2.24, 2.45) is 0 Å². The first-order valence-corrected chi connectivity index (χ1v) is 5.94. The van der Waals surface area contributed by atoms with Crippen LogP contribution in [-0.2, 0) is 6.61 Å². The molecule has 0 saturated carbocycles. The predicted octanol–water partition coefficient (Wildman–Crippen LogP) is 2.14. The molecule has 0 aromatic carbocycles. The highest BCUT2D eigenvalue weighted by Crippen LogP contribution is 2.25. The Balaban J connectivity index is 2.08. The van der Waals surface area contributed by atoms with Crippen molar-refractivity contribution in [1.82, 2.24) is 15.2 Å². The van der Waals surface area contributed by atoms with Gasteiger partial charge in [0, 0.05) is 5.69 Å². The summed E-state index contributed by atoms with van der Waals surface area (Å²) in [5.74, 6) is 1.11. The van der Waals surface area contributed by atoms with Crippen molar-refractivity contribution in [3.8, 4) is 11.6 Å². The zero-order valence-electron chi connectivity index (χ0n) is 9.93. The maximum Gasteiger partial charge on any atom is 0.256 e. The van der Waals surface area contributed by atoms with Crippen LogP contribution in [0.1, 0.15) is 15.7 Å². The van der Waals surface area contributed by atoms with E-state index in [-0.39, 0.29) is 0 Å². The second kappa shape index (κ2) is 5.09. The van der Waals surface area contributed by atoms with E-state index in [2.05, 4.69) is 15.2 Å². The van der Waals surface area contributed by atoms with Crippen LogP contribution in [0.4, 0.5) is 0 Å². The molecule has 0 amide bonds. The first-order chi connectivity index (χ1) is 8.19. The molecule has 0 radical (unpaired) electrons. The third-order valence-electron chi connectivity index (χ3n) is 2.08. The zero-order chi connectivity index (χ0) is 12.3. The van der Waals surface area contributed by atoms with Crippen LogP contribution in [0.5, 0.6) is 11.6 Å². The molecule has 0 bridgehead atoms. The molecule has 0 unspecified atom stereocenters. The Kier molecular flexibility index (Phi) is 3.53. The molecule has 0 saturated heterocycles.